The third-order valence-electron chi connectivity index (χ3n) is 2.78. The van der Waals surface area contributed by atoms with Gasteiger partial charge in [0.2, 0.25) is 0 Å². The lowest BCUT2D eigenvalue weighted by Gasteiger charge is -2.14. The average molecular weight is 202 g/mol. The monoisotopic (exact) mass is 202 g/mol. The highest BCUT2D eigenvalue weighted by Gasteiger charge is 2.28. The van der Waals surface area contributed by atoms with Gasteiger partial charge in [-0.15, -0.1) is 0 Å². The summed E-state index contributed by atoms with van der Waals surface area (Å²) in [6.45, 7) is 3.64. The molecule has 1 aliphatic carbocycles. The van der Waals surface area contributed by atoms with E-state index in [4.69, 9.17) is 0 Å². The van der Waals surface area contributed by atoms with E-state index in [2.05, 4.69) is 0 Å². The van der Waals surface area contributed by atoms with Crippen molar-refractivity contribution in [3.8, 4) is 0 Å². The molecule has 0 N–H and O–H groups in total. The van der Waals surface area contributed by atoms with Crippen LogP contribution < -0.4 is 0 Å². The van der Waals surface area contributed by atoms with Crippen molar-refractivity contribution >= 4 is 16.6 Å². The summed E-state index contributed by atoms with van der Waals surface area (Å²) >= 11 is 0. The van der Waals surface area contributed by atoms with Crippen LogP contribution in [-0.4, -0.2) is 20.5 Å². The van der Waals surface area contributed by atoms with E-state index >= 15 is 0 Å². The van der Waals surface area contributed by atoms with E-state index < -0.39 is 10.8 Å². The van der Waals surface area contributed by atoms with Gasteiger partial charge in [0.15, 0.2) is 0 Å². The lowest BCUT2D eigenvalue weighted by Crippen LogP contribution is -2.28. The van der Waals surface area contributed by atoms with Crippen molar-refractivity contribution in [2.75, 3.05) is 0 Å². The first kappa shape index (κ1) is 10.9. The van der Waals surface area contributed by atoms with Crippen molar-refractivity contribution in [1.29, 1.82) is 0 Å². The number of rotatable bonds is 4. The summed E-state index contributed by atoms with van der Waals surface area (Å²) in [7, 11) is -0.920. The van der Waals surface area contributed by atoms with E-state index in [9.17, 15) is 9.00 Å². The van der Waals surface area contributed by atoms with Crippen LogP contribution in [0.2, 0.25) is 0 Å². The lowest BCUT2D eigenvalue weighted by molar-refractivity contribution is -0.118. The van der Waals surface area contributed by atoms with E-state index in [1.165, 1.54) is 12.8 Å². The van der Waals surface area contributed by atoms with E-state index in [1.54, 1.807) is 6.92 Å². The molecule has 76 valence electrons. The van der Waals surface area contributed by atoms with Crippen molar-refractivity contribution in [2.45, 2.75) is 56.5 Å². The number of carbonyl (C=O) groups excluding carboxylic acids is 1. The van der Waals surface area contributed by atoms with Crippen LogP contribution in [0.3, 0.4) is 0 Å². The SMILES string of the molecule is CCC(=O)C(C)S(=O)C1CCCC1. The molecule has 0 amide bonds. The first-order chi connectivity index (χ1) is 6.16. The molecule has 2 unspecified atom stereocenters. The maximum atomic E-state index is 11.8. The second-order valence-corrected chi connectivity index (χ2v) is 5.73. The lowest BCUT2D eigenvalue weighted by atomic mass is 10.2. The van der Waals surface area contributed by atoms with Gasteiger partial charge in [-0.05, 0) is 19.8 Å². The Balaban J connectivity index is 2.50. The Kier molecular flexibility index (Phi) is 4.10. The van der Waals surface area contributed by atoms with Gasteiger partial charge in [-0.2, -0.15) is 0 Å². The second-order valence-electron chi connectivity index (χ2n) is 3.70. The molecule has 0 saturated heterocycles. The zero-order valence-electron chi connectivity index (χ0n) is 8.41. The maximum absolute atomic E-state index is 11.8. The zero-order valence-corrected chi connectivity index (χ0v) is 9.23. The predicted molar refractivity (Wildman–Crippen MR) is 55.2 cm³/mol. The quantitative estimate of drug-likeness (QED) is 0.699. The van der Waals surface area contributed by atoms with Gasteiger partial charge in [0.1, 0.15) is 5.78 Å². The van der Waals surface area contributed by atoms with Crippen LogP contribution in [0.1, 0.15) is 46.0 Å². The molecule has 1 saturated carbocycles. The molecule has 1 fully saturated rings. The summed E-state index contributed by atoms with van der Waals surface area (Å²) in [4.78, 5) is 11.3. The molecule has 13 heavy (non-hydrogen) atoms. The molecule has 0 aliphatic heterocycles. The summed E-state index contributed by atoms with van der Waals surface area (Å²) in [5.74, 6) is 0.144. The van der Waals surface area contributed by atoms with Crippen LogP contribution in [0.25, 0.3) is 0 Å². The van der Waals surface area contributed by atoms with Gasteiger partial charge in [-0.3, -0.25) is 9.00 Å². The molecule has 0 aromatic carbocycles. The van der Waals surface area contributed by atoms with Crippen LogP contribution in [0.4, 0.5) is 0 Å². The molecule has 0 radical (unpaired) electrons. The number of carbonyl (C=O) groups is 1. The zero-order chi connectivity index (χ0) is 9.84. The fraction of sp³-hybridized carbons (Fsp3) is 0.900. The van der Waals surface area contributed by atoms with E-state index in [1.807, 2.05) is 6.92 Å². The van der Waals surface area contributed by atoms with Crippen molar-refractivity contribution in [2.24, 2.45) is 0 Å². The molecule has 0 aromatic heterocycles. The number of Topliss-reactive ketones (excluding diaryl/α,β-unsaturated/α-hetero) is 1. The molecule has 2 atom stereocenters. The highest BCUT2D eigenvalue weighted by molar-refractivity contribution is 7.87. The Morgan fingerprint density at radius 3 is 2.46 bits per heavy atom. The van der Waals surface area contributed by atoms with Crippen LogP contribution in [0.5, 0.6) is 0 Å². The van der Waals surface area contributed by atoms with Gasteiger partial charge in [-0.25, -0.2) is 0 Å². The minimum atomic E-state index is -0.920. The molecule has 0 spiro atoms. The van der Waals surface area contributed by atoms with Gasteiger partial charge in [0.25, 0.3) is 0 Å². The molecule has 0 aromatic rings. The predicted octanol–water partition coefficient (Wildman–Crippen LogP) is 2.05. The topological polar surface area (TPSA) is 34.1 Å². The van der Waals surface area contributed by atoms with E-state index in [0.29, 0.717) is 11.7 Å². The Bertz CT molecular complexity index is 207. The summed E-state index contributed by atoms with van der Waals surface area (Å²) in [6.07, 6.45) is 4.98. The minimum Gasteiger partial charge on any atom is -0.298 e. The minimum absolute atomic E-state index is 0.144. The average Bonchev–Trinajstić information content (AvgIpc) is 2.67. The summed E-state index contributed by atoms with van der Waals surface area (Å²) in [5, 5.41) is 0.0543. The molecule has 0 heterocycles. The number of hydrogen-bond acceptors (Lipinski definition) is 2. The maximum Gasteiger partial charge on any atom is 0.147 e. The van der Waals surface area contributed by atoms with Crippen molar-refractivity contribution < 1.29 is 9.00 Å². The highest BCUT2D eigenvalue weighted by Crippen LogP contribution is 2.25. The van der Waals surface area contributed by atoms with E-state index in [0.717, 1.165) is 12.8 Å². The van der Waals surface area contributed by atoms with Gasteiger partial charge in [-0.1, -0.05) is 19.8 Å². The fourth-order valence-corrected chi connectivity index (χ4v) is 3.63. The van der Waals surface area contributed by atoms with Gasteiger partial charge < -0.3 is 0 Å². The van der Waals surface area contributed by atoms with Crippen molar-refractivity contribution in [1.82, 2.24) is 0 Å². The molecular formula is C10H18O2S. The highest BCUT2D eigenvalue weighted by atomic mass is 32.2. The first-order valence-electron chi connectivity index (χ1n) is 5.09. The summed E-state index contributed by atoms with van der Waals surface area (Å²) in [5.41, 5.74) is 0. The van der Waals surface area contributed by atoms with Gasteiger partial charge in [0.05, 0.1) is 5.25 Å². The Labute approximate surface area is 82.6 Å². The standard InChI is InChI=1S/C10H18O2S/c1-3-10(11)8(2)13(12)9-6-4-5-7-9/h8-9H,3-7H2,1-2H3. The van der Waals surface area contributed by atoms with Crippen molar-refractivity contribution in [3.05, 3.63) is 0 Å². The molecule has 0 bridgehead atoms. The Morgan fingerprint density at radius 2 is 2.00 bits per heavy atom. The molecular weight excluding hydrogens is 184 g/mol. The van der Waals surface area contributed by atoms with E-state index in [-0.39, 0.29) is 11.0 Å². The summed E-state index contributed by atoms with van der Waals surface area (Å²) in [6, 6.07) is 0. The number of hydrogen-bond donors (Lipinski definition) is 0. The molecule has 1 rings (SSSR count). The molecule has 1 aliphatic rings. The van der Waals surface area contributed by atoms with Gasteiger partial charge in [0, 0.05) is 22.5 Å². The van der Waals surface area contributed by atoms with Crippen LogP contribution in [0, 0.1) is 0 Å². The summed E-state index contributed by atoms with van der Waals surface area (Å²) < 4.78 is 11.8. The normalized spacial score (nSPS) is 22.9. The Hall–Kier alpha value is -0.180. The third kappa shape index (κ3) is 2.63. The van der Waals surface area contributed by atoms with Crippen LogP contribution in [-0.2, 0) is 15.6 Å². The largest absolute Gasteiger partial charge is 0.298 e. The van der Waals surface area contributed by atoms with Crippen LogP contribution >= 0.6 is 0 Å². The van der Waals surface area contributed by atoms with Gasteiger partial charge >= 0.3 is 0 Å². The Morgan fingerprint density at radius 1 is 1.46 bits per heavy atom. The first-order valence-corrected chi connectivity index (χ1v) is 6.36. The molecule has 3 heteroatoms. The van der Waals surface area contributed by atoms with Crippen LogP contribution in [0.15, 0.2) is 0 Å². The third-order valence-corrected chi connectivity index (χ3v) is 4.87. The number of ketones is 1. The smallest absolute Gasteiger partial charge is 0.147 e. The molecule has 2 nitrogen and oxygen atoms in total. The second kappa shape index (κ2) is 4.89. The van der Waals surface area contributed by atoms with Crippen molar-refractivity contribution in [3.63, 3.8) is 0 Å². The fourth-order valence-electron chi connectivity index (χ4n) is 1.83.